The van der Waals surface area contributed by atoms with Crippen molar-refractivity contribution in [2.45, 2.75) is 0 Å². The third-order valence-electron chi connectivity index (χ3n) is 2.70. The van der Waals surface area contributed by atoms with Gasteiger partial charge in [-0.2, -0.15) is 0 Å². The first-order chi connectivity index (χ1) is 8.38. The van der Waals surface area contributed by atoms with Gasteiger partial charge in [-0.25, -0.2) is 4.99 Å². The Bertz CT molecular complexity index is 559. The Hall–Kier alpha value is -1.25. The highest BCUT2D eigenvalue weighted by Gasteiger charge is 2.16. The molecule has 0 saturated carbocycles. The van der Waals surface area contributed by atoms with Gasteiger partial charge in [0.25, 0.3) is 0 Å². The lowest BCUT2D eigenvalue weighted by atomic mass is 10.3. The van der Waals surface area contributed by atoms with Crippen molar-refractivity contribution in [3.05, 3.63) is 35.5 Å². The van der Waals surface area contributed by atoms with Gasteiger partial charge in [-0.15, -0.1) is 0 Å². The molecule has 0 amide bonds. The number of hydrogen-bond donors (Lipinski definition) is 1. The predicted molar refractivity (Wildman–Crippen MR) is 78.4 cm³/mol. The molecule has 0 unspecified atom stereocenters. The normalized spacial score (nSPS) is 16.3. The molecule has 0 aromatic heterocycles. The first-order valence-electron chi connectivity index (χ1n) is 5.48. The van der Waals surface area contributed by atoms with Crippen LogP contribution in [0.15, 0.2) is 40.5 Å². The van der Waals surface area contributed by atoms with E-state index < -0.39 is 7.14 Å². The molecule has 0 atom stereocenters. The van der Waals surface area contributed by atoms with Crippen molar-refractivity contribution in [1.29, 1.82) is 0 Å². The Kier molecular flexibility index (Phi) is 3.51. The van der Waals surface area contributed by atoms with E-state index in [4.69, 9.17) is 17.3 Å². The van der Waals surface area contributed by atoms with Gasteiger partial charge in [0.1, 0.15) is 24.8 Å². The monoisotopic (exact) mass is 283 g/mol. The lowest BCUT2D eigenvalue weighted by molar-refractivity contribution is 0.588. The Morgan fingerprint density at radius 2 is 1.94 bits per heavy atom. The third kappa shape index (κ3) is 2.77. The summed E-state index contributed by atoms with van der Waals surface area (Å²) in [5.41, 5.74) is 6.48. The van der Waals surface area contributed by atoms with Crippen LogP contribution in [0.2, 0.25) is 0 Å². The van der Waals surface area contributed by atoms with Gasteiger partial charge < -0.3 is 15.2 Å². The van der Waals surface area contributed by atoms with Crippen LogP contribution >= 0.6 is 18.7 Å². The zero-order valence-corrected chi connectivity index (χ0v) is 11.9. The van der Waals surface area contributed by atoms with Crippen molar-refractivity contribution in [2.24, 2.45) is 10.7 Å². The number of aliphatic imine (C=N–C) groups is 1. The third-order valence-corrected chi connectivity index (χ3v) is 4.56. The Labute approximate surface area is 112 Å². The molecule has 1 aromatic rings. The quantitative estimate of drug-likeness (QED) is 0.668. The van der Waals surface area contributed by atoms with Crippen LogP contribution in [0.25, 0.3) is 0 Å². The van der Waals surface area contributed by atoms with E-state index in [1.165, 1.54) is 0 Å². The number of benzene rings is 1. The molecule has 18 heavy (non-hydrogen) atoms. The fourth-order valence-electron chi connectivity index (χ4n) is 1.66. The fraction of sp³-hybridized carbons (Fsp3) is 0.250. The molecule has 0 spiro atoms. The number of nitrogens with zero attached hydrogens (tertiary/aromatic N) is 2. The lowest BCUT2D eigenvalue weighted by Gasteiger charge is -2.25. The molecule has 96 valence electrons. The summed E-state index contributed by atoms with van der Waals surface area (Å²) in [5, 5.41) is 1.39. The summed E-state index contributed by atoms with van der Waals surface area (Å²) in [6.45, 7) is 3.90. The number of amidine groups is 1. The number of hydrogen-bond acceptors (Lipinski definition) is 4. The van der Waals surface area contributed by atoms with E-state index in [1.54, 1.807) is 19.4 Å². The highest BCUT2D eigenvalue weighted by molar-refractivity contribution is 7.70. The van der Waals surface area contributed by atoms with Gasteiger partial charge in [-0.1, -0.05) is 11.6 Å². The molecule has 2 N–H and O–H groups in total. The molecule has 0 saturated heterocycles. The molecule has 0 bridgehead atoms. The molecule has 1 aliphatic rings. The molecule has 0 aliphatic carbocycles. The smallest absolute Gasteiger partial charge is 0.123 e. The minimum absolute atomic E-state index is 0.399. The second-order valence-corrected chi connectivity index (χ2v) is 8.09. The molecule has 2 rings (SSSR count). The molecule has 1 aliphatic heterocycles. The average molecular weight is 284 g/mol. The first kappa shape index (κ1) is 13.2. The maximum absolute atomic E-state index is 11.9. The molecule has 6 heteroatoms. The summed E-state index contributed by atoms with van der Waals surface area (Å²) in [4.78, 5) is 5.95. The van der Waals surface area contributed by atoms with Crippen LogP contribution in [0.4, 0.5) is 5.69 Å². The van der Waals surface area contributed by atoms with Crippen LogP contribution < -0.4 is 15.9 Å². The highest BCUT2D eigenvalue weighted by Crippen LogP contribution is 2.35. The van der Waals surface area contributed by atoms with Crippen LogP contribution in [0, 0.1) is 0 Å². The number of rotatable bonds is 2. The average Bonchev–Trinajstić information content (AvgIpc) is 2.28. The molecule has 1 heterocycles. The van der Waals surface area contributed by atoms with E-state index in [-0.39, 0.29) is 0 Å². The number of anilines is 1. The SMILES string of the molecule is CP(C)(=O)c1ccc(N2CN=C(N)C=C2Cl)cc1. The van der Waals surface area contributed by atoms with Crippen LogP contribution in [0.5, 0.6) is 0 Å². The highest BCUT2D eigenvalue weighted by atomic mass is 35.5. The molecule has 1 aromatic carbocycles. The molecular formula is C12H15ClN3OP. The van der Waals surface area contributed by atoms with Gasteiger partial charge in [0.05, 0.1) is 0 Å². The van der Waals surface area contributed by atoms with E-state index in [9.17, 15) is 4.57 Å². The summed E-state index contributed by atoms with van der Waals surface area (Å²) in [6.07, 6.45) is 1.61. The van der Waals surface area contributed by atoms with Crippen LogP contribution in [-0.2, 0) is 4.57 Å². The summed E-state index contributed by atoms with van der Waals surface area (Å²) in [7, 11) is -2.22. The van der Waals surface area contributed by atoms with Crippen molar-refractivity contribution >= 4 is 35.6 Å². The molecule has 4 nitrogen and oxygen atoms in total. The van der Waals surface area contributed by atoms with Gasteiger partial charge in [0.15, 0.2) is 0 Å². The summed E-state index contributed by atoms with van der Waals surface area (Å²) in [5.74, 6) is 0.430. The van der Waals surface area contributed by atoms with E-state index in [1.807, 2.05) is 29.2 Å². The second kappa shape index (κ2) is 4.79. The summed E-state index contributed by atoms with van der Waals surface area (Å²) >= 11 is 6.11. The van der Waals surface area contributed by atoms with E-state index in [0.29, 0.717) is 17.7 Å². The Morgan fingerprint density at radius 1 is 1.33 bits per heavy atom. The summed E-state index contributed by atoms with van der Waals surface area (Å²) < 4.78 is 11.9. The van der Waals surface area contributed by atoms with Crippen molar-refractivity contribution in [3.63, 3.8) is 0 Å². The van der Waals surface area contributed by atoms with Crippen LogP contribution in [-0.4, -0.2) is 25.8 Å². The molecular weight excluding hydrogens is 269 g/mol. The van der Waals surface area contributed by atoms with Gasteiger partial charge in [-0.05, 0) is 37.6 Å². The van der Waals surface area contributed by atoms with E-state index in [0.717, 1.165) is 11.0 Å². The standard InChI is InChI=1S/C12H15ClN3OP/c1-18(2,17)10-5-3-9(4-6-10)16-8-15-12(14)7-11(16)13/h3-7H,8H2,1-2H3,(H2,14,15). The Morgan fingerprint density at radius 3 is 2.44 bits per heavy atom. The number of halogens is 1. The van der Waals surface area contributed by atoms with Gasteiger partial charge >= 0.3 is 0 Å². The topological polar surface area (TPSA) is 58.7 Å². The molecule has 0 fully saturated rings. The zero-order chi connectivity index (χ0) is 13.3. The largest absolute Gasteiger partial charge is 0.384 e. The molecule has 0 radical (unpaired) electrons. The minimum atomic E-state index is -2.22. The maximum atomic E-state index is 11.9. The van der Waals surface area contributed by atoms with Gasteiger partial charge in [0, 0.05) is 17.1 Å². The zero-order valence-electron chi connectivity index (χ0n) is 10.3. The first-order valence-corrected chi connectivity index (χ1v) is 8.46. The van der Waals surface area contributed by atoms with E-state index in [2.05, 4.69) is 4.99 Å². The van der Waals surface area contributed by atoms with Crippen molar-refractivity contribution < 1.29 is 4.57 Å². The van der Waals surface area contributed by atoms with Crippen LogP contribution in [0.1, 0.15) is 0 Å². The van der Waals surface area contributed by atoms with Gasteiger partial charge in [0.2, 0.25) is 0 Å². The van der Waals surface area contributed by atoms with Crippen molar-refractivity contribution in [2.75, 3.05) is 24.9 Å². The fourth-order valence-corrected chi connectivity index (χ4v) is 2.79. The lowest BCUT2D eigenvalue weighted by Crippen LogP contribution is -2.28. The van der Waals surface area contributed by atoms with E-state index >= 15 is 0 Å². The number of nitrogens with two attached hydrogens (primary N) is 1. The van der Waals surface area contributed by atoms with Gasteiger partial charge in [-0.3, -0.25) is 0 Å². The van der Waals surface area contributed by atoms with Crippen LogP contribution in [0.3, 0.4) is 0 Å². The second-order valence-electron chi connectivity index (χ2n) is 4.49. The van der Waals surface area contributed by atoms with Crippen molar-refractivity contribution in [3.8, 4) is 0 Å². The summed E-state index contributed by atoms with van der Waals surface area (Å²) in [6, 6.07) is 7.51. The Balaban J connectivity index is 2.27. The maximum Gasteiger partial charge on any atom is 0.123 e. The predicted octanol–water partition coefficient (Wildman–Crippen LogP) is 2.15. The van der Waals surface area contributed by atoms with Crippen molar-refractivity contribution in [1.82, 2.24) is 0 Å². The minimum Gasteiger partial charge on any atom is -0.384 e.